The number of aromatic amines is 2. The van der Waals surface area contributed by atoms with Gasteiger partial charge in [0, 0.05) is 44.3 Å². The quantitative estimate of drug-likeness (QED) is 0.0402. The summed E-state index contributed by atoms with van der Waals surface area (Å²) in [6, 6.07) is 39.9. The third kappa shape index (κ3) is 13.3. The molecule has 8 heteroatoms. The Morgan fingerprint density at radius 1 is 0.324 bits per heavy atom. The Morgan fingerprint density at radius 2 is 0.581 bits per heavy atom. The van der Waals surface area contributed by atoms with E-state index in [4.69, 9.17) is 19.4 Å². The molecule has 5 heterocycles. The van der Waals surface area contributed by atoms with E-state index in [-0.39, 0.29) is 11.5 Å². The number of H-pyrrole nitrogens is 2. The molecule has 2 aliphatic heterocycles. The molecule has 2 aliphatic rings. The van der Waals surface area contributed by atoms with Crippen molar-refractivity contribution in [1.82, 2.24) is 19.9 Å². The van der Waals surface area contributed by atoms with Gasteiger partial charge in [-0.05, 0) is 132 Å². The molecule has 7 aromatic rings. The molecule has 0 unspecified atom stereocenters. The van der Waals surface area contributed by atoms with Gasteiger partial charge in [-0.25, -0.2) is 9.97 Å². The van der Waals surface area contributed by atoms with Crippen molar-refractivity contribution in [2.45, 2.75) is 129 Å². The Hall–Kier alpha value is -7.32. The Bertz CT molecular complexity index is 2930. The molecule has 74 heavy (non-hydrogen) atoms. The van der Waals surface area contributed by atoms with Gasteiger partial charge in [-0.3, -0.25) is 0 Å². The number of nitrogens with zero attached hydrogens (tertiary/aromatic N) is 2. The highest BCUT2D eigenvalue weighted by molar-refractivity contribution is 6.00. The lowest BCUT2D eigenvalue weighted by molar-refractivity contribution is 0.304. The van der Waals surface area contributed by atoms with Crippen LogP contribution in [0, 0.1) is 0 Å². The first-order valence-corrected chi connectivity index (χ1v) is 27.7. The predicted molar refractivity (Wildman–Crippen MR) is 309 cm³/mol. The first-order valence-electron chi connectivity index (χ1n) is 27.7. The smallest absolute Gasteiger partial charge is 0.119 e. The van der Waals surface area contributed by atoms with Gasteiger partial charge in [0.1, 0.15) is 23.0 Å². The van der Waals surface area contributed by atoms with Crippen molar-refractivity contribution in [2.24, 2.45) is 0 Å². The molecule has 9 rings (SSSR count). The van der Waals surface area contributed by atoms with Crippen LogP contribution in [0.4, 0.5) is 0 Å². The fourth-order valence-electron chi connectivity index (χ4n) is 10.3. The van der Waals surface area contributed by atoms with Gasteiger partial charge < -0.3 is 29.7 Å². The zero-order valence-electron chi connectivity index (χ0n) is 43.6. The van der Waals surface area contributed by atoms with Crippen molar-refractivity contribution in [2.75, 3.05) is 13.2 Å². The molecule has 8 bridgehead atoms. The molecule has 0 fully saturated rings. The number of aromatic nitrogens is 4. The lowest BCUT2D eigenvalue weighted by Gasteiger charge is -2.09. The summed E-state index contributed by atoms with van der Waals surface area (Å²) in [5, 5.41) is 20.9. The highest BCUT2D eigenvalue weighted by Crippen LogP contribution is 2.39. The van der Waals surface area contributed by atoms with Gasteiger partial charge in [0.2, 0.25) is 0 Å². The first kappa shape index (κ1) is 51.6. The minimum Gasteiger partial charge on any atom is -0.508 e. The van der Waals surface area contributed by atoms with E-state index in [0.717, 1.165) is 114 Å². The van der Waals surface area contributed by atoms with Crippen molar-refractivity contribution in [3.63, 3.8) is 0 Å². The predicted octanol–water partition coefficient (Wildman–Crippen LogP) is 18.6. The van der Waals surface area contributed by atoms with Gasteiger partial charge in [-0.15, -0.1) is 0 Å². The van der Waals surface area contributed by atoms with Crippen LogP contribution in [0.1, 0.15) is 152 Å². The topological polar surface area (TPSA) is 116 Å². The Labute approximate surface area is 438 Å². The third-order valence-corrected chi connectivity index (χ3v) is 14.4. The number of unbranched alkanes of at least 4 members (excludes halogenated alkanes) is 16. The van der Waals surface area contributed by atoms with E-state index < -0.39 is 0 Å². The molecule has 382 valence electrons. The summed E-state index contributed by atoms with van der Waals surface area (Å²) in [5.41, 5.74) is 14.2. The number of aromatic hydroxyl groups is 2. The number of ether oxygens (including phenoxy) is 2. The molecule has 0 radical (unpaired) electrons. The fraction of sp³-hybridized carbons (Fsp3) is 0.333. The number of rotatable bonds is 26. The molecule has 0 spiro atoms. The van der Waals surface area contributed by atoms with Crippen LogP contribution >= 0.6 is 0 Å². The van der Waals surface area contributed by atoms with E-state index >= 15 is 0 Å². The van der Waals surface area contributed by atoms with Crippen LogP contribution in [0.25, 0.3) is 90.9 Å². The molecule has 0 atom stereocenters. The van der Waals surface area contributed by atoms with Crippen LogP contribution in [0.5, 0.6) is 23.0 Å². The van der Waals surface area contributed by atoms with Gasteiger partial charge in [0.15, 0.2) is 0 Å². The second kappa shape index (κ2) is 26.1. The van der Waals surface area contributed by atoms with E-state index in [1.807, 2.05) is 24.3 Å². The summed E-state index contributed by atoms with van der Waals surface area (Å²) in [4.78, 5) is 18.5. The van der Waals surface area contributed by atoms with Crippen LogP contribution in [-0.4, -0.2) is 43.4 Å². The zero-order chi connectivity index (χ0) is 50.9. The number of hydrogen-bond donors (Lipinski definition) is 4. The molecule has 0 amide bonds. The Kier molecular flexibility index (Phi) is 18.2. The minimum atomic E-state index is 0.197. The number of fused-ring (bicyclic) bond motifs is 8. The van der Waals surface area contributed by atoms with Crippen LogP contribution in [0.2, 0.25) is 0 Å². The van der Waals surface area contributed by atoms with Crippen molar-refractivity contribution in [3.05, 3.63) is 144 Å². The van der Waals surface area contributed by atoms with Crippen LogP contribution in [0.3, 0.4) is 0 Å². The Morgan fingerprint density at radius 3 is 0.865 bits per heavy atom. The molecule has 0 saturated carbocycles. The van der Waals surface area contributed by atoms with Gasteiger partial charge >= 0.3 is 0 Å². The molecular formula is C66H74N4O4. The molecule has 3 aromatic heterocycles. The van der Waals surface area contributed by atoms with Gasteiger partial charge in [-0.1, -0.05) is 165 Å². The largest absolute Gasteiger partial charge is 0.508 e. The normalized spacial score (nSPS) is 11.9. The van der Waals surface area contributed by atoms with Crippen molar-refractivity contribution < 1.29 is 19.7 Å². The number of benzene rings is 4. The van der Waals surface area contributed by atoms with Crippen molar-refractivity contribution >= 4 is 46.4 Å². The number of phenols is 2. The highest BCUT2D eigenvalue weighted by Gasteiger charge is 2.19. The molecular weight excluding hydrogens is 913 g/mol. The van der Waals surface area contributed by atoms with E-state index in [1.54, 1.807) is 24.3 Å². The standard InChI is InChI=1S/C66H74N4O4/c1-3-5-7-9-11-13-15-17-19-45-73-53-33-25-49(26-34-53)65-59-41-37-55(67-59)63(47-21-29-51(71)30-22-47)57-39-43-61(69-57)66(50-27-35-54(36-28-50)74-46-20-18-16-14-12-10-8-6-4-2)62-44-40-58(70-62)64(56-38-42-60(65)68-56)48-23-31-52(72)32-24-48/h21-44,67,70-72H,3-20,45-46H2,1-2H3. The summed E-state index contributed by atoms with van der Waals surface area (Å²) in [5.74, 6) is 2.09. The highest BCUT2D eigenvalue weighted by atomic mass is 16.5. The maximum atomic E-state index is 10.4. The van der Waals surface area contributed by atoms with E-state index in [1.165, 1.54) is 103 Å². The van der Waals surface area contributed by atoms with E-state index in [9.17, 15) is 10.2 Å². The maximum Gasteiger partial charge on any atom is 0.119 e. The number of hydrogen-bond acceptors (Lipinski definition) is 6. The summed E-state index contributed by atoms with van der Waals surface area (Å²) < 4.78 is 12.6. The van der Waals surface area contributed by atoms with E-state index in [0.29, 0.717) is 13.2 Å². The SMILES string of the molecule is CCCCCCCCCCCOc1ccc(-c2c3nc(c(-c4ccc(O)cc4)c4ccc([nH]4)c(-c4ccc(OCCCCCCCCCCC)cc4)c4nc(c(-c5ccc(O)cc5)c5ccc2[nH]5)C=C4)C=C3)cc1. The van der Waals surface area contributed by atoms with Crippen molar-refractivity contribution in [3.8, 4) is 67.5 Å². The van der Waals surface area contributed by atoms with Gasteiger partial charge in [-0.2, -0.15) is 0 Å². The van der Waals surface area contributed by atoms with Crippen molar-refractivity contribution in [1.29, 1.82) is 0 Å². The summed E-state index contributed by atoms with van der Waals surface area (Å²) >= 11 is 0. The molecule has 4 N–H and O–H groups in total. The van der Waals surface area contributed by atoms with Crippen LogP contribution < -0.4 is 9.47 Å². The second-order valence-corrected chi connectivity index (χ2v) is 20.0. The molecule has 8 nitrogen and oxygen atoms in total. The lowest BCUT2D eigenvalue weighted by Crippen LogP contribution is -1.97. The average Bonchev–Trinajstić information content (AvgIpc) is 4.29. The minimum absolute atomic E-state index is 0.197. The zero-order valence-corrected chi connectivity index (χ0v) is 43.6. The van der Waals surface area contributed by atoms with Gasteiger partial charge in [0.25, 0.3) is 0 Å². The summed E-state index contributed by atoms with van der Waals surface area (Å²) in [7, 11) is 0. The summed E-state index contributed by atoms with van der Waals surface area (Å²) in [6.45, 7) is 5.93. The maximum absolute atomic E-state index is 10.4. The fourth-order valence-corrected chi connectivity index (χ4v) is 10.3. The number of nitrogens with one attached hydrogen (secondary N) is 2. The lowest BCUT2D eigenvalue weighted by atomic mass is 10.0. The van der Waals surface area contributed by atoms with Gasteiger partial charge in [0.05, 0.1) is 36.0 Å². The first-order chi connectivity index (χ1) is 36.4. The third-order valence-electron chi connectivity index (χ3n) is 14.4. The molecule has 4 aromatic carbocycles. The van der Waals surface area contributed by atoms with Crippen LogP contribution in [0.15, 0.2) is 121 Å². The summed E-state index contributed by atoms with van der Waals surface area (Å²) in [6.07, 6.45) is 31.3. The molecule has 0 aliphatic carbocycles. The van der Waals surface area contributed by atoms with E-state index in [2.05, 4.69) is 121 Å². The van der Waals surface area contributed by atoms with Crippen LogP contribution in [-0.2, 0) is 0 Å². The molecule has 0 saturated heterocycles. The second-order valence-electron chi connectivity index (χ2n) is 20.0. The number of phenolic OH excluding ortho intramolecular Hbond substituents is 2. The Balaban J connectivity index is 1.11. The average molecular weight is 987 g/mol. The monoisotopic (exact) mass is 987 g/mol.